The summed E-state index contributed by atoms with van der Waals surface area (Å²) in [5.74, 6) is -0.502. The Hall–Kier alpha value is -1.14. The smallest absolute Gasteiger partial charge is 0.347 e. The van der Waals surface area contributed by atoms with Crippen LogP contribution in [0.5, 0.6) is 0 Å². The van der Waals surface area contributed by atoms with Gasteiger partial charge in [0, 0.05) is 26.6 Å². The molecule has 1 saturated carbocycles. The van der Waals surface area contributed by atoms with Crippen molar-refractivity contribution in [2.75, 3.05) is 32.2 Å². The van der Waals surface area contributed by atoms with Crippen molar-refractivity contribution in [3.8, 4) is 0 Å². The fraction of sp³-hybridized carbons (Fsp3) is 0.636. The molecule has 1 aromatic rings. The molecule has 0 spiro atoms. The molecule has 1 aliphatic carbocycles. The fourth-order valence-electron chi connectivity index (χ4n) is 1.59. The third kappa shape index (κ3) is 2.76. The van der Waals surface area contributed by atoms with E-state index < -0.39 is 5.97 Å². The zero-order valence-electron chi connectivity index (χ0n) is 9.97. The molecular formula is C11H16N2O3S. The summed E-state index contributed by atoms with van der Waals surface area (Å²) in [4.78, 5) is 17.9. The van der Waals surface area contributed by atoms with Crippen molar-refractivity contribution < 1.29 is 14.6 Å². The molecule has 2 rings (SSSR count). The van der Waals surface area contributed by atoms with Gasteiger partial charge in [-0.05, 0) is 12.8 Å². The first-order valence-corrected chi connectivity index (χ1v) is 6.39. The van der Waals surface area contributed by atoms with Crippen LogP contribution in [0.25, 0.3) is 0 Å². The molecule has 1 fully saturated rings. The number of thiazole rings is 1. The number of hydrogen-bond donors (Lipinski definition) is 1. The van der Waals surface area contributed by atoms with E-state index in [1.807, 2.05) is 11.9 Å². The SMILES string of the molecule is COCCN(C)c1nc(C2CC2)c(C(=O)O)s1. The van der Waals surface area contributed by atoms with Crippen LogP contribution >= 0.6 is 11.3 Å². The summed E-state index contributed by atoms with van der Waals surface area (Å²) in [5.41, 5.74) is 0.766. The largest absolute Gasteiger partial charge is 0.477 e. The molecule has 1 aliphatic rings. The minimum atomic E-state index is -0.865. The van der Waals surface area contributed by atoms with Crippen molar-refractivity contribution in [3.63, 3.8) is 0 Å². The highest BCUT2D eigenvalue weighted by Crippen LogP contribution is 2.44. The van der Waals surface area contributed by atoms with Gasteiger partial charge in [-0.3, -0.25) is 0 Å². The lowest BCUT2D eigenvalue weighted by Crippen LogP contribution is -2.21. The first-order valence-electron chi connectivity index (χ1n) is 5.57. The number of aromatic carboxylic acids is 1. The molecule has 0 atom stereocenters. The number of nitrogens with zero attached hydrogens (tertiary/aromatic N) is 2. The van der Waals surface area contributed by atoms with Crippen molar-refractivity contribution in [3.05, 3.63) is 10.6 Å². The highest BCUT2D eigenvalue weighted by atomic mass is 32.1. The molecule has 0 bridgehead atoms. The lowest BCUT2D eigenvalue weighted by Gasteiger charge is -2.14. The molecule has 17 heavy (non-hydrogen) atoms. The van der Waals surface area contributed by atoms with Crippen LogP contribution in [0.2, 0.25) is 0 Å². The lowest BCUT2D eigenvalue weighted by molar-refractivity contribution is 0.0700. The molecule has 0 aromatic carbocycles. The number of ether oxygens (including phenoxy) is 1. The maximum atomic E-state index is 11.1. The van der Waals surface area contributed by atoms with Gasteiger partial charge in [-0.15, -0.1) is 0 Å². The Morgan fingerprint density at radius 3 is 2.88 bits per heavy atom. The third-order valence-electron chi connectivity index (χ3n) is 2.76. The first kappa shape index (κ1) is 12.3. The lowest BCUT2D eigenvalue weighted by atomic mass is 10.2. The maximum Gasteiger partial charge on any atom is 0.347 e. The monoisotopic (exact) mass is 256 g/mol. The number of likely N-dealkylation sites (N-methyl/N-ethyl adjacent to an activating group) is 1. The van der Waals surface area contributed by atoms with Crippen LogP contribution in [0, 0.1) is 0 Å². The summed E-state index contributed by atoms with van der Waals surface area (Å²) in [5, 5.41) is 9.91. The van der Waals surface area contributed by atoms with Gasteiger partial charge in [-0.1, -0.05) is 11.3 Å². The van der Waals surface area contributed by atoms with E-state index in [2.05, 4.69) is 4.98 Å². The second-order valence-corrected chi connectivity index (χ2v) is 5.18. The molecule has 0 amide bonds. The van der Waals surface area contributed by atoms with E-state index >= 15 is 0 Å². The maximum absolute atomic E-state index is 11.1. The van der Waals surface area contributed by atoms with Crippen LogP contribution in [-0.4, -0.2) is 43.4 Å². The van der Waals surface area contributed by atoms with E-state index in [-0.39, 0.29) is 0 Å². The van der Waals surface area contributed by atoms with Crippen LogP contribution in [0.3, 0.4) is 0 Å². The Labute approximate surface area is 104 Å². The van der Waals surface area contributed by atoms with Gasteiger partial charge in [-0.25, -0.2) is 9.78 Å². The molecule has 1 heterocycles. The van der Waals surface area contributed by atoms with Crippen molar-refractivity contribution in [1.29, 1.82) is 0 Å². The average Bonchev–Trinajstić information content (AvgIpc) is 3.04. The van der Waals surface area contributed by atoms with Crippen molar-refractivity contribution in [2.24, 2.45) is 0 Å². The Morgan fingerprint density at radius 2 is 2.35 bits per heavy atom. The number of carboxylic acid groups (broad SMARTS) is 1. The Bertz CT molecular complexity index is 415. The molecule has 0 unspecified atom stereocenters. The number of methoxy groups -OCH3 is 1. The Kier molecular flexibility index (Phi) is 3.63. The number of anilines is 1. The molecule has 0 radical (unpaired) electrons. The van der Waals surface area contributed by atoms with Crippen molar-refractivity contribution >= 4 is 22.4 Å². The van der Waals surface area contributed by atoms with Crippen LogP contribution in [0.4, 0.5) is 5.13 Å². The normalized spacial score (nSPS) is 14.9. The third-order valence-corrected chi connectivity index (χ3v) is 3.93. The number of hydrogen-bond acceptors (Lipinski definition) is 5. The fourth-order valence-corrected chi connectivity index (χ4v) is 2.57. The predicted molar refractivity (Wildman–Crippen MR) is 66.2 cm³/mol. The predicted octanol–water partition coefficient (Wildman–Crippen LogP) is 1.80. The summed E-state index contributed by atoms with van der Waals surface area (Å²) in [6.45, 7) is 1.32. The van der Waals surface area contributed by atoms with Crippen LogP contribution in [-0.2, 0) is 4.74 Å². The van der Waals surface area contributed by atoms with Gasteiger partial charge >= 0.3 is 5.97 Å². The van der Waals surface area contributed by atoms with Crippen LogP contribution in [0.15, 0.2) is 0 Å². The van der Waals surface area contributed by atoms with Gasteiger partial charge < -0.3 is 14.7 Å². The van der Waals surface area contributed by atoms with Crippen LogP contribution in [0.1, 0.15) is 34.1 Å². The molecule has 0 saturated heterocycles. The number of carboxylic acids is 1. The Morgan fingerprint density at radius 1 is 1.65 bits per heavy atom. The summed E-state index contributed by atoms with van der Waals surface area (Å²) in [7, 11) is 3.55. The average molecular weight is 256 g/mol. The zero-order valence-corrected chi connectivity index (χ0v) is 10.8. The van der Waals surface area contributed by atoms with Gasteiger partial charge in [0.05, 0.1) is 12.3 Å². The molecule has 5 nitrogen and oxygen atoms in total. The minimum absolute atomic E-state index is 0.363. The molecule has 1 N–H and O–H groups in total. The van der Waals surface area contributed by atoms with E-state index in [1.165, 1.54) is 11.3 Å². The number of aromatic nitrogens is 1. The van der Waals surface area contributed by atoms with E-state index in [0.717, 1.165) is 23.7 Å². The quantitative estimate of drug-likeness (QED) is 0.841. The van der Waals surface area contributed by atoms with E-state index in [4.69, 9.17) is 9.84 Å². The van der Waals surface area contributed by atoms with Gasteiger partial charge in [-0.2, -0.15) is 0 Å². The number of carbonyl (C=O) groups is 1. The summed E-state index contributed by atoms with van der Waals surface area (Å²) in [6.07, 6.45) is 2.12. The van der Waals surface area contributed by atoms with Gasteiger partial charge in [0.1, 0.15) is 4.88 Å². The highest BCUT2D eigenvalue weighted by Gasteiger charge is 2.32. The van der Waals surface area contributed by atoms with Crippen molar-refractivity contribution in [1.82, 2.24) is 4.98 Å². The Balaban J connectivity index is 2.17. The summed E-state index contributed by atoms with van der Waals surface area (Å²) in [6, 6.07) is 0. The second kappa shape index (κ2) is 5.01. The highest BCUT2D eigenvalue weighted by molar-refractivity contribution is 7.17. The molecular weight excluding hydrogens is 240 g/mol. The van der Waals surface area contributed by atoms with E-state index in [9.17, 15) is 4.79 Å². The minimum Gasteiger partial charge on any atom is -0.477 e. The second-order valence-electron chi connectivity index (χ2n) is 4.20. The molecule has 0 aliphatic heterocycles. The van der Waals surface area contributed by atoms with Gasteiger partial charge in [0.15, 0.2) is 5.13 Å². The summed E-state index contributed by atoms with van der Waals surface area (Å²) >= 11 is 1.25. The van der Waals surface area contributed by atoms with Gasteiger partial charge in [0.25, 0.3) is 0 Å². The van der Waals surface area contributed by atoms with E-state index in [0.29, 0.717) is 23.9 Å². The molecule has 94 valence electrons. The standard InChI is InChI=1S/C11H16N2O3S/c1-13(5-6-16-2)11-12-8(7-3-4-7)9(17-11)10(14)15/h7H,3-6H2,1-2H3,(H,14,15). The first-order chi connectivity index (χ1) is 8.13. The van der Waals surface area contributed by atoms with Crippen molar-refractivity contribution in [2.45, 2.75) is 18.8 Å². The number of rotatable bonds is 6. The van der Waals surface area contributed by atoms with E-state index in [1.54, 1.807) is 7.11 Å². The molecule has 1 aromatic heterocycles. The van der Waals surface area contributed by atoms with Gasteiger partial charge in [0.2, 0.25) is 0 Å². The molecule has 6 heteroatoms. The van der Waals surface area contributed by atoms with Crippen LogP contribution < -0.4 is 4.90 Å². The topological polar surface area (TPSA) is 62.7 Å². The zero-order chi connectivity index (χ0) is 12.4. The summed E-state index contributed by atoms with van der Waals surface area (Å²) < 4.78 is 5.00.